The van der Waals surface area contributed by atoms with Crippen molar-refractivity contribution in [3.8, 4) is 5.75 Å². The Labute approximate surface area is 181 Å². The minimum absolute atomic E-state index is 0.158. The van der Waals surface area contributed by atoms with Crippen LogP contribution in [-0.4, -0.2) is 43.5 Å². The highest BCUT2D eigenvalue weighted by atomic mass is 35.5. The lowest BCUT2D eigenvalue weighted by atomic mass is 10.1. The van der Waals surface area contributed by atoms with Crippen LogP contribution in [0.15, 0.2) is 48.7 Å². The van der Waals surface area contributed by atoms with Gasteiger partial charge in [-0.25, -0.2) is 4.39 Å². The molecule has 1 fully saturated rings. The van der Waals surface area contributed by atoms with Gasteiger partial charge in [0.05, 0.1) is 5.02 Å². The second-order valence-corrected chi connectivity index (χ2v) is 8.17. The van der Waals surface area contributed by atoms with E-state index < -0.39 is 0 Å². The number of ketones is 1. The normalized spacial score (nSPS) is 16.8. The zero-order valence-corrected chi connectivity index (χ0v) is 17.7. The summed E-state index contributed by atoms with van der Waals surface area (Å²) in [6.45, 7) is 4.16. The van der Waals surface area contributed by atoms with Crippen molar-refractivity contribution in [1.29, 1.82) is 0 Å². The SMILES string of the molecule is O=C(/C=C/N1CCc2cc(F)c(OCCN3CCCCC3)cc21)c1ccccc1Cl. The van der Waals surface area contributed by atoms with Crippen LogP contribution in [0.1, 0.15) is 35.2 Å². The number of ether oxygens (including phenoxy) is 1. The van der Waals surface area contributed by atoms with E-state index >= 15 is 0 Å². The molecule has 2 aromatic carbocycles. The maximum Gasteiger partial charge on any atom is 0.188 e. The number of piperidine rings is 1. The van der Waals surface area contributed by atoms with Gasteiger partial charge in [0.25, 0.3) is 0 Å². The van der Waals surface area contributed by atoms with Crippen molar-refractivity contribution in [3.63, 3.8) is 0 Å². The molecule has 0 spiro atoms. The predicted octanol–water partition coefficient (Wildman–Crippen LogP) is 5.10. The van der Waals surface area contributed by atoms with Gasteiger partial charge in [-0.1, -0.05) is 30.2 Å². The van der Waals surface area contributed by atoms with Crippen LogP contribution in [0.3, 0.4) is 0 Å². The summed E-state index contributed by atoms with van der Waals surface area (Å²) in [7, 11) is 0. The van der Waals surface area contributed by atoms with E-state index in [0.717, 1.165) is 37.3 Å². The minimum atomic E-state index is -0.328. The molecule has 0 atom stereocenters. The maximum absolute atomic E-state index is 14.5. The van der Waals surface area contributed by atoms with E-state index in [0.29, 0.717) is 23.7 Å². The molecule has 0 aromatic heterocycles. The highest BCUT2D eigenvalue weighted by Crippen LogP contribution is 2.34. The second-order valence-electron chi connectivity index (χ2n) is 7.77. The Morgan fingerprint density at radius 3 is 2.73 bits per heavy atom. The average molecular weight is 429 g/mol. The summed E-state index contributed by atoms with van der Waals surface area (Å²) in [5.74, 6) is -0.219. The summed E-state index contributed by atoms with van der Waals surface area (Å²) in [6.07, 6.45) is 7.72. The van der Waals surface area contributed by atoms with Gasteiger partial charge in [0.2, 0.25) is 0 Å². The number of carbonyl (C=O) groups is 1. The molecule has 30 heavy (non-hydrogen) atoms. The van der Waals surface area contributed by atoms with Crippen LogP contribution in [0, 0.1) is 5.82 Å². The van der Waals surface area contributed by atoms with Crippen LogP contribution >= 0.6 is 11.6 Å². The molecule has 0 amide bonds. The molecule has 0 aliphatic carbocycles. The highest BCUT2D eigenvalue weighted by Gasteiger charge is 2.21. The summed E-state index contributed by atoms with van der Waals surface area (Å²) in [5.41, 5.74) is 2.27. The molecular weight excluding hydrogens is 403 g/mol. The number of allylic oxidation sites excluding steroid dienone is 1. The topological polar surface area (TPSA) is 32.8 Å². The molecule has 0 radical (unpaired) electrons. The van der Waals surface area contributed by atoms with Gasteiger partial charge in [0.15, 0.2) is 17.3 Å². The maximum atomic E-state index is 14.5. The van der Waals surface area contributed by atoms with Crippen LogP contribution in [0.25, 0.3) is 0 Å². The minimum Gasteiger partial charge on any atom is -0.489 e. The number of hydrogen-bond donors (Lipinski definition) is 0. The zero-order chi connectivity index (χ0) is 20.9. The van der Waals surface area contributed by atoms with Crippen molar-refractivity contribution in [2.75, 3.05) is 37.7 Å². The third-order valence-corrected chi connectivity index (χ3v) is 6.05. The first-order valence-corrected chi connectivity index (χ1v) is 10.9. The molecule has 6 heteroatoms. The van der Waals surface area contributed by atoms with E-state index in [9.17, 15) is 9.18 Å². The fourth-order valence-electron chi connectivity index (χ4n) is 4.05. The van der Waals surface area contributed by atoms with Crippen molar-refractivity contribution in [2.24, 2.45) is 0 Å². The third kappa shape index (κ3) is 4.85. The number of rotatable bonds is 7. The summed E-state index contributed by atoms with van der Waals surface area (Å²) in [4.78, 5) is 16.8. The van der Waals surface area contributed by atoms with Gasteiger partial charge in [-0.15, -0.1) is 0 Å². The fourth-order valence-corrected chi connectivity index (χ4v) is 4.28. The largest absolute Gasteiger partial charge is 0.489 e. The Kier molecular flexibility index (Phi) is 6.70. The quantitative estimate of drug-likeness (QED) is 0.453. The molecule has 0 unspecified atom stereocenters. The average Bonchev–Trinajstić information content (AvgIpc) is 3.14. The van der Waals surface area contributed by atoms with E-state index in [1.165, 1.54) is 25.3 Å². The lowest BCUT2D eigenvalue weighted by Gasteiger charge is -2.26. The number of benzene rings is 2. The molecule has 4 rings (SSSR count). The van der Waals surface area contributed by atoms with Gasteiger partial charge in [-0.2, -0.15) is 0 Å². The first kappa shape index (κ1) is 20.9. The lowest BCUT2D eigenvalue weighted by Crippen LogP contribution is -2.33. The molecule has 2 aliphatic rings. The van der Waals surface area contributed by atoms with Crippen LogP contribution < -0.4 is 9.64 Å². The first-order valence-electron chi connectivity index (χ1n) is 10.5. The molecule has 1 saturated heterocycles. The monoisotopic (exact) mass is 428 g/mol. The molecule has 2 heterocycles. The second kappa shape index (κ2) is 9.63. The Morgan fingerprint density at radius 1 is 1.13 bits per heavy atom. The van der Waals surface area contributed by atoms with Crippen LogP contribution in [0.4, 0.5) is 10.1 Å². The Bertz CT molecular complexity index is 941. The number of anilines is 1. The van der Waals surface area contributed by atoms with Crippen LogP contribution in [-0.2, 0) is 6.42 Å². The Hall–Kier alpha value is -2.37. The van der Waals surface area contributed by atoms with Gasteiger partial charge in [0, 0.05) is 42.7 Å². The summed E-state index contributed by atoms with van der Waals surface area (Å²) < 4.78 is 20.2. The number of fused-ring (bicyclic) bond motifs is 1. The summed E-state index contributed by atoms with van der Waals surface area (Å²) in [6, 6.07) is 10.3. The Balaban J connectivity index is 1.42. The molecule has 0 saturated carbocycles. The molecule has 158 valence electrons. The number of hydrogen-bond acceptors (Lipinski definition) is 4. The summed E-state index contributed by atoms with van der Waals surface area (Å²) in [5, 5.41) is 0.431. The standard InChI is InChI=1S/C24H26ClFN2O2/c25-20-7-3-2-6-19(20)23(29)9-13-28-12-8-18-16-21(26)24(17-22(18)28)30-15-14-27-10-4-1-5-11-27/h2-3,6-7,9,13,16-17H,1,4-5,8,10-12,14-15H2/b13-9+. The third-order valence-electron chi connectivity index (χ3n) is 5.72. The molecular formula is C24H26ClFN2O2. The van der Waals surface area contributed by atoms with Crippen LogP contribution in [0.2, 0.25) is 5.02 Å². The molecule has 4 nitrogen and oxygen atoms in total. The Morgan fingerprint density at radius 2 is 1.93 bits per heavy atom. The van der Waals surface area contributed by atoms with Crippen molar-refractivity contribution in [3.05, 3.63) is 70.6 Å². The van der Waals surface area contributed by atoms with Crippen molar-refractivity contribution in [2.45, 2.75) is 25.7 Å². The van der Waals surface area contributed by atoms with E-state index in [4.69, 9.17) is 16.3 Å². The van der Waals surface area contributed by atoms with E-state index in [2.05, 4.69) is 4.90 Å². The predicted molar refractivity (Wildman–Crippen MR) is 118 cm³/mol. The van der Waals surface area contributed by atoms with E-state index in [-0.39, 0.29) is 17.3 Å². The molecule has 0 N–H and O–H groups in total. The number of nitrogens with zero attached hydrogens (tertiary/aromatic N) is 2. The first-order chi connectivity index (χ1) is 14.6. The lowest BCUT2D eigenvalue weighted by molar-refractivity contribution is 0.104. The number of likely N-dealkylation sites (tertiary alicyclic amines) is 1. The molecule has 0 bridgehead atoms. The smallest absolute Gasteiger partial charge is 0.188 e. The summed E-state index contributed by atoms with van der Waals surface area (Å²) >= 11 is 6.11. The fraction of sp³-hybridized carbons (Fsp3) is 0.375. The molecule has 2 aliphatic heterocycles. The number of carbonyl (C=O) groups excluding carboxylic acids is 1. The van der Waals surface area contributed by atoms with Gasteiger partial charge in [-0.3, -0.25) is 9.69 Å². The van der Waals surface area contributed by atoms with Gasteiger partial charge < -0.3 is 9.64 Å². The highest BCUT2D eigenvalue weighted by molar-refractivity contribution is 6.34. The van der Waals surface area contributed by atoms with Crippen molar-refractivity contribution < 1.29 is 13.9 Å². The van der Waals surface area contributed by atoms with E-state index in [1.54, 1.807) is 42.6 Å². The van der Waals surface area contributed by atoms with E-state index in [1.807, 2.05) is 4.90 Å². The number of halogens is 2. The van der Waals surface area contributed by atoms with Gasteiger partial charge in [0.1, 0.15) is 6.61 Å². The molecule has 2 aromatic rings. The van der Waals surface area contributed by atoms with Crippen LogP contribution in [0.5, 0.6) is 5.75 Å². The van der Waals surface area contributed by atoms with Gasteiger partial charge >= 0.3 is 0 Å². The van der Waals surface area contributed by atoms with Crippen molar-refractivity contribution >= 4 is 23.1 Å². The zero-order valence-electron chi connectivity index (χ0n) is 16.9. The van der Waals surface area contributed by atoms with Crippen molar-refractivity contribution in [1.82, 2.24) is 4.90 Å². The van der Waals surface area contributed by atoms with Gasteiger partial charge in [-0.05, 0) is 56.1 Å².